The van der Waals surface area contributed by atoms with Crippen LogP contribution in [-0.4, -0.2) is 20.0 Å². The third kappa shape index (κ3) is 2.17. The van der Waals surface area contributed by atoms with E-state index < -0.39 is 28.7 Å². The van der Waals surface area contributed by atoms with Crippen LogP contribution in [0.1, 0.15) is 15.9 Å². The Balaban J connectivity index is 2.09. The average Bonchev–Trinajstić information content (AvgIpc) is 3.02. The van der Waals surface area contributed by atoms with Gasteiger partial charge in [0.2, 0.25) is 0 Å². The molecule has 0 saturated carbocycles. The maximum atomic E-state index is 14.8. The molecule has 0 atom stereocenters. The lowest BCUT2D eigenvalue weighted by Crippen LogP contribution is -2.44. The summed E-state index contributed by atoms with van der Waals surface area (Å²) in [7, 11) is 1.36. The Bertz CT molecular complexity index is 1550. The van der Waals surface area contributed by atoms with Crippen LogP contribution in [-0.2, 0) is 7.05 Å². The van der Waals surface area contributed by atoms with Crippen LogP contribution in [0.4, 0.5) is 8.78 Å². The highest BCUT2D eigenvalue weighted by atomic mass is 19.1. The minimum atomic E-state index is -0.967. The van der Waals surface area contributed by atoms with Gasteiger partial charge in [-0.3, -0.25) is 14.2 Å². The molecule has 0 spiro atoms. The average molecular weight is 406 g/mol. The van der Waals surface area contributed by atoms with E-state index >= 15 is 0 Å². The van der Waals surface area contributed by atoms with Crippen LogP contribution in [0.5, 0.6) is 0 Å². The van der Waals surface area contributed by atoms with Crippen LogP contribution in [0.2, 0.25) is 0 Å². The van der Waals surface area contributed by atoms with E-state index in [1.54, 1.807) is 24.3 Å². The molecule has 9 heteroatoms. The molecule has 2 N–H and O–H groups in total. The predicted octanol–water partition coefficient (Wildman–Crippen LogP) is 1.97. The van der Waals surface area contributed by atoms with Crippen LogP contribution in [0.15, 0.2) is 52.1 Å². The largest absolute Gasteiger partial charge is 0.351 e. The molecule has 2 aromatic carbocycles. The number of carbonyl (C=O) groups excluding carboxylic acids is 1. The molecule has 0 unspecified atom stereocenters. The summed E-state index contributed by atoms with van der Waals surface area (Å²) in [5.41, 5.74) is -1.03. The van der Waals surface area contributed by atoms with E-state index in [1.807, 2.05) is 0 Å². The maximum Gasteiger partial charge on any atom is 0.351 e. The Morgan fingerprint density at radius 1 is 0.933 bits per heavy atom. The molecular formula is C21H12F2N4O3. The Hall–Kier alpha value is -4.14. The molecule has 2 aromatic heterocycles. The normalized spacial score (nSPS) is 12.3. The third-order valence-corrected chi connectivity index (χ3v) is 5.28. The van der Waals surface area contributed by atoms with Gasteiger partial charge in [0.15, 0.2) is 11.4 Å². The van der Waals surface area contributed by atoms with Crippen molar-refractivity contribution in [2.75, 3.05) is 5.84 Å². The topological polar surface area (TPSA) is 100.0 Å². The molecule has 5 rings (SSSR count). The number of halogens is 2. The number of fused-ring (bicyclic) bond motifs is 4. The molecule has 7 nitrogen and oxygen atoms in total. The molecule has 0 saturated heterocycles. The first-order valence-corrected chi connectivity index (χ1v) is 8.85. The van der Waals surface area contributed by atoms with E-state index in [-0.39, 0.29) is 33.4 Å². The molecule has 0 bridgehead atoms. The highest BCUT2D eigenvalue weighted by molar-refractivity contribution is 6.26. The highest BCUT2D eigenvalue weighted by Gasteiger charge is 2.34. The van der Waals surface area contributed by atoms with Crippen molar-refractivity contribution < 1.29 is 13.6 Å². The fourth-order valence-electron chi connectivity index (χ4n) is 3.88. The lowest BCUT2D eigenvalue weighted by atomic mass is 9.94. The predicted molar refractivity (Wildman–Crippen MR) is 106 cm³/mol. The summed E-state index contributed by atoms with van der Waals surface area (Å²) < 4.78 is 29.8. The Kier molecular flexibility index (Phi) is 3.54. The third-order valence-electron chi connectivity index (χ3n) is 5.28. The molecule has 0 fully saturated rings. The molecule has 0 aliphatic heterocycles. The second kappa shape index (κ2) is 5.93. The van der Waals surface area contributed by atoms with E-state index in [2.05, 4.69) is 4.98 Å². The van der Waals surface area contributed by atoms with Gasteiger partial charge >= 0.3 is 5.69 Å². The van der Waals surface area contributed by atoms with Gasteiger partial charge in [0.25, 0.3) is 5.56 Å². The number of hydrogen-bond acceptors (Lipinski definition) is 5. The van der Waals surface area contributed by atoms with Gasteiger partial charge in [-0.1, -0.05) is 24.3 Å². The molecule has 30 heavy (non-hydrogen) atoms. The number of aryl methyl sites for hydroxylation is 1. The van der Waals surface area contributed by atoms with Crippen LogP contribution in [0, 0.1) is 11.6 Å². The zero-order valence-corrected chi connectivity index (χ0v) is 15.4. The molecule has 1 aliphatic carbocycles. The first kappa shape index (κ1) is 17.9. The fourth-order valence-corrected chi connectivity index (χ4v) is 3.88. The van der Waals surface area contributed by atoms with Gasteiger partial charge in [0.05, 0.1) is 16.6 Å². The lowest BCUT2D eigenvalue weighted by Gasteiger charge is -2.15. The van der Waals surface area contributed by atoms with E-state index in [1.165, 1.54) is 7.05 Å². The summed E-state index contributed by atoms with van der Waals surface area (Å²) in [5, 5.41) is -0.204. The molecule has 0 amide bonds. The quantitative estimate of drug-likeness (QED) is 0.429. The smallest absolute Gasteiger partial charge is 0.332 e. The van der Waals surface area contributed by atoms with E-state index in [0.717, 1.165) is 16.7 Å². The SMILES string of the molecule is Cn1c(=O)n(N)c(=O)c2c(-c3ccc(F)cc3F)c3c(nc21)-c1ccccc1C3=O. The monoisotopic (exact) mass is 406 g/mol. The van der Waals surface area contributed by atoms with Crippen molar-refractivity contribution in [1.82, 2.24) is 14.2 Å². The summed E-state index contributed by atoms with van der Waals surface area (Å²) in [6.45, 7) is 0. The summed E-state index contributed by atoms with van der Waals surface area (Å²) in [6.07, 6.45) is 0. The number of rotatable bonds is 1. The van der Waals surface area contributed by atoms with E-state index in [4.69, 9.17) is 5.84 Å². The standard InChI is InChI=1S/C21H12F2N4O3/c1-26-19-16(20(29)27(24)21(26)30)14(12-7-6-9(22)8-13(12)23)15-17(25-19)10-4-2-3-5-11(10)18(15)28/h2-8H,24H2,1H3. The zero-order chi connectivity index (χ0) is 21.3. The number of hydrogen-bond donors (Lipinski definition) is 1. The number of nitrogen functional groups attached to an aromatic ring is 1. The van der Waals surface area contributed by atoms with Gasteiger partial charge in [-0.15, -0.1) is 0 Å². The van der Waals surface area contributed by atoms with Crippen molar-refractivity contribution >= 4 is 16.8 Å². The van der Waals surface area contributed by atoms with Crippen molar-refractivity contribution in [2.24, 2.45) is 7.05 Å². The Morgan fingerprint density at radius 2 is 1.63 bits per heavy atom. The summed E-state index contributed by atoms with van der Waals surface area (Å²) in [4.78, 5) is 42.9. The number of carbonyl (C=O) groups is 1. The molecule has 1 aliphatic rings. The molecule has 0 radical (unpaired) electrons. The number of ketones is 1. The summed E-state index contributed by atoms with van der Waals surface area (Å²) >= 11 is 0. The number of nitrogens with two attached hydrogens (primary N) is 1. The zero-order valence-electron chi connectivity index (χ0n) is 15.4. The number of benzene rings is 2. The van der Waals surface area contributed by atoms with Gasteiger partial charge in [-0.25, -0.2) is 18.6 Å². The summed E-state index contributed by atoms with van der Waals surface area (Å²) in [6, 6.07) is 9.46. The minimum absolute atomic E-state index is 0.00459. The number of nitrogens with zero attached hydrogens (tertiary/aromatic N) is 3. The van der Waals surface area contributed by atoms with Gasteiger partial charge in [-0.2, -0.15) is 4.68 Å². The molecule has 4 aromatic rings. The van der Waals surface area contributed by atoms with Gasteiger partial charge < -0.3 is 5.84 Å². The van der Waals surface area contributed by atoms with Gasteiger partial charge in [0.1, 0.15) is 11.6 Å². The lowest BCUT2D eigenvalue weighted by molar-refractivity contribution is 0.104. The van der Waals surface area contributed by atoms with Crippen LogP contribution in [0.3, 0.4) is 0 Å². The number of pyridine rings is 1. The molecule has 148 valence electrons. The second-order valence-electron chi connectivity index (χ2n) is 6.92. The van der Waals surface area contributed by atoms with Crippen LogP contribution in [0.25, 0.3) is 33.4 Å². The summed E-state index contributed by atoms with van der Waals surface area (Å²) in [5.74, 6) is 3.39. The van der Waals surface area contributed by atoms with Crippen molar-refractivity contribution in [3.8, 4) is 22.4 Å². The van der Waals surface area contributed by atoms with Crippen LogP contribution >= 0.6 is 0 Å². The Morgan fingerprint density at radius 3 is 2.33 bits per heavy atom. The van der Waals surface area contributed by atoms with Crippen molar-refractivity contribution in [3.63, 3.8) is 0 Å². The fraction of sp³-hybridized carbons (Fsp3) is 0.0476. The molecular weight excluding hydrogens is 394 g/mol. The molecule has 2 heterocycles. The van der Waals surface area contributed by atoms with Crippen molar-refractivity contribution in [2.45, 2.75) is 0 Å². The Labute approximate surface area is 166 Å². The van der Waals surface area contributed by atoms with Crippen molar-refractivity contribution in [1.29, 1.82) is 0 Å². The maximum absolute atomic E-state index is 14.8. The van der Waals surface area contributed by atoms with Crippen LogP contribution < -0.4 is 17.1 Å². The van der Waals surface area contributed by atoms with Crippen molar-refractivity contribution in [3.05, 3.63) is 86.1 Å². The van der Waals surface area contributed by atoms with Gasteiger partial charge in [-0.05, 0) is 12.1 Å². The van der Waals surface area contributed by atoms with E-state index in [0.29, 0.717) is 21.9 Å². The van der Waals surface area contributed by atoms with Gasteiger partial charge in [0, 0.05) is 35.4 Å². The second-order valence-corrected chi connectivity index (χ2v) is 6.92. The minimum Gasteiger partial charge on any atom is -0.332 e. The highest BCUT2D eigenvalue weighted by Crippen LogP contribution is 2.43. The first-order valence-electron chi connectivity index (χ1n) is 8.85. The number of aromatic nitrogens is 3. The van der Waals surface area contributed by atoms with E-state index in [9.17, 15) is 23.2 Å². The first-order chi connectivity index (χ1) is 14.3.